The van der Waals surface area contributed by atoms with Gasteiger partial charge in [0.25, 0.3) is 0 Å². The second-order valence-electron chi connectivity index (χ2n) is 4.19. The van der Waals surface area contributed by atoms with Crippen LogP contribution in [-0.2, 0) is 0 Å². The lowest BCUT2D eigenvalue weighted by molar-refractivity contribution is 0.221. The van der Waals surface area contributed by atoms with Crippen LogP contribution in [0.2, 0.25) is 0 Å². The molecule has 0 bridgehead atoms. The average molecular weight is 217 g/mol. The molecule has 0 aliphatic carbocycles. The van der Waals surface area contributed by atoms with Crippen LogP contribution in [0, 0.1) is 5.92 Å². The first kappa shape index (κ1) is 12.3. The number of aliphatic hydroxyl groups is 1. The molecule has 1 N–H and O–H groups in total. The zero-order chi connectivity index (χ0) is 10.2. The summed E-state index contributed by atoms with van der Waals surface area (Å²) in [7, 11) is 0. The lowest BCUT2D eigenvalue weighted by atomic mass is 10.1. The molecule has 1 rings (SSSR count). The van der Waals surface area contributed by atoms with E-state index in [-0.39, 0.29) is 0 Å². The van der Waals surface area contributed by atoms with E-state index in [1.165, 1.54) is 44.5 Å². The molecule has 0 amide bonds. The van der Waals surface area contributed by atoms with Crippen LogP contribution in [0.1, 0.15) is 25.7 Å². The largest absolute Gasteiger partial charge is 0.396 e. The summed E-state index contributed by atoms with van der Waals surface area (Å²) in [5, 5.41) is 9.00. The van der Waals surface area contributed by atoms with Crippen LogP contribution in [0.3, 0.4) is 0 Å². The Morgan fingerprint density at radius 3 is 2.86 bits per heavy atom. The average Bonchev–Trinajstić information content (AvgIpc) is 2.65. The Hall–Kier alpha value is 0.270. The number of hydrogen-bond donors (Lipinski definition) is 1. The zero-order valence-electron chi connectivity index (χ0n) is 9.24. The summed E-state index contributed by atoms with van der Waals surface area (Å²) in [6.45, 7) is 3.95. The third kappa shape index (κ3) is 4.67. The van der Waals surface area contributed by atoms with Crippen molar-refractivity contribution in [3.05, 3.63) is 0 Å². The first-order chi connectivity index (χ1) is 6.86. The van der Waals surface area contributed by atoms with Crippen LogP contribution in [0.25, 0.3) is 0 Å². The molecule has 1 aliphatic rings. The third-order valence-electron chi connectivity index (χ3n) is 2.95. The minimum Gasteiger partial charge on any atom is -0.396 e. The summed E-state index contributed by atoms with van der Waals surface area (Å²) in [6.07, 6.45) is 7.42. The molecule has 1 atom stereocenters. The molecule has 0 spiro atoms. The molecule has 14 heavy (non-hydrogen) atoms. The summed E-state index contributed by atoms with van der Waals surface area (Å²) in [5.41, 5.74) is 0. The second kappa shape index (κ2) is 7.55. The van der Waals surface area contributed by atoms with Gasteiger partial charge in [0.15, 0.2) is 0 Å². The van der Waals surface area contributed by atoms with Crippen molar-refractivity contribution in [3.8, 4) is 0 Å². The van der Waals surface area contributed by atoms with E-state index in [1.54, 1.807) is 0 Å². The van der Waals surface area contributed by atoms with E-state index in [9.17, 15) is 0 Å². The third-order valence-corrected chi connectivity index (χ3v) is 3.65. The molecule has 84 valence electrons. The smallest absolute Gasteiger partial charge is 0.0471 e. The Kier molecular flexibility index (Phi) is 6.65. The van der Waals surface area contributed by atoms with Crippen LogP contribution in [0.15, 0.2) is 0 Å². The van der Waals surface area contributed by atoms with Crippen LogP contribution < -0.4 is 0 Å². The van der Waals surface area contributed by atoms with Crippen LogP contribution >= 0.6 is 11.8 Å². The SMILES string of the molecule is CSCCCCCN1CCC(CO)C1. The van der Waals surface area contributed by atoms with Gasteiger partial charge in [0.2, 0.25) is 0 Å². The summed E-state index contributed by atoms with van der Waals surface area (Å²) >= 11 is 1.94. The molecule has 1 aliphatic heterocycles. The highest BCUT2D eigenvalue weighted by Crippen LogP contribution is 2.16. The Morgan fingerprint density at radius 1 is 1.36 bits per heavy atom. The van der Waals surface area contributed by atoms with Gasteiger partial charge in [-0.15, -0.1) is 0 Å². The number of hydrogen-bond acceptors (Lipinski definition) is 3. The molecular weight excluding hydrogens is 194 g/mol. The van der Waals surface area contributed by atoms with E-state index in [0.717, 1.165) is 6.54 Å². The van der Waals surface area contributed by atoms with Gasteiger partial charge in [0.05, 0.1) is 0 Å². The number of thioether (sulfide) groups is 1. The summed E-state index contributed by atoms with van der Waals surface area (Å²) in [4.78, 5) is 2.50. The molecule has 3 heteroatoms. The first-order valence-electron chi connectivity index (χ1n) is 5.69. The van der Waals surface area contributed by atoms with Crippen molar-refractivity contribution in [3.63, 3.8) is 0 Å². The van der Waals surface area contributed by atoms with Crippen molar-refractivity contribution in [1.29, 1.82) is 0 Å². The maximum absolute atomic E-state index is 9.00. The minimum absolute atomic E-state index is 0.378. The molecule has 0 aromatic carbocycles. The Bertz CT molecular complexity index is 143. The highest BCUT2D eigenvalue weighted by atomic mass is 32.2. The standard InChI is InChI=1S/C11H23NOS/c1-14-8-4-2-3-6-12-7-5-11(9-12)10-13/h11,13H,2-10H2,1H3. The fourth-order valence-electron chi connectivity index (χ4n) is 2.02. The maximum atomic E-state index is 9.00. The zero-order valence-corrected chi connectivity index (χ0v) is 10.1. The van der Waals surface area contributed by atoms with Crippen molar-refractivity contribution >= 4 is 11.8 Å². The summed E-state index contributed by atoms with van der Waals surface area (Å²) in [6, 6.07) is 0. The lowest BCUT2D eigenvalue weighted by Gasteiger charge is -2.14. The van der Waals surface area contributed by atoms with Gasteiger partial charge in [-0.25, -0.2) is 0 Å². The number of nitrogens with zero attached hydrogens (tertiary/aromatic N) is 1. The summed E-state index contributed by atoms with van der Waals surface area (Å²) in [5.74, 6) is 1.86. The van der Waals surface area contributed by atoms with Crippen molar-refractivity contribution in [2.75, 3.05) is 38.2 Å². The number of likely N-dealkylation sites (tertiary alicyclic amines) is 1. The molecule has 1 saturated heterocycles. The first-order valence-corrected chi connectivity index (χ1v) is 7.08. The fourth-order valence-corrected chi connectivity index (χ4v) is 2.52. The predicted molar refractivity (Wildman–Crippen MR) is 63.9 cm³/mol. The summed E-state index contributed by atoms with van der Waals surface area (Å²) < 4.78 is 0. The van der Waals surface area contributed by atoms with Gasteiger partial charge in [-0.05, 0) is 50.3 Å². The van der Waals surface area contributed by atoms with Crippen LogP contribution in [0.4, 0.5) is 0 Å². The Labute approximate surface area is 92.1 Å². The molecule has 0 aromatic heterocycles. The molecule has 0 saturated carbocycles. The van der Waals surface area contributed by atoms with Gasteiger partial charge in [-0.3, -0.25) is 0 Å². The van der Waals surface area contributed by atoms with Gasteiger partial charge >= 0.3 is 0 Å². The molecule has 1 fully saturated rings. The van der Waals surface area contributed by atoms with E-state index in [2.05, 4.69) is 11.2 Å². The van der Waals surface area contributed by atoms with Crippen molar-refractivity contribution in [1.82, 2.24) is 4.90 Å². The van der Waals surface area contributed by atoms with Crippen molar-refractivity contribution < 1.29 is 5.11 Å². The number of rotatable bonds is 7. The predicted octanol–water partition coefficient (Wildman–Crippen LogP) is 1.83. The fraction of sp³-hybridized carbons (Fsp3) is 1.00. The molecule has 0 radical (unpaired) electrons. The van der Waals surface area contributed by atoms with E-state index >= 15 is 0 Å². The van der Waals surface area contributed by atoms with Gasteiger partial charge in [0, 0.05) is 13.2 Å². The van der Waals surface area contributed by atoms with E-state index in [0.29, 0.717) is 12.5 Å². The monoisotopic (exact) mass is 217 g/mol. The van der Waals surface area contributed by atoms with Gasteiger partial charge < -0.3 is 10.0 Å². The lowest BCUT2D eigenvalue weighted by Crippen LogP contribution is -2.22. The molecule has 1 heterocycles. The molecule has 2 nitrogen and oxygen atoms in total. The van der Waals surface area contributed by atoms with E-state index in [1.807, 2.05) is 11.8 Å². The Morgan fingerprint density at radius 2 is 2.21 bits per heavy atom. The van der Waals surface area contributed by atoms with Crippen LogP contribution in [0.5, 0.6) is 0 Å². The molecule has 0 aromatic rings. The van der Waals surface area contributed by atoms with Crippen molar-refractivity contribution in [2.45, 2.75) is 25.7 Å². The van der Waals surface area contributed by atoms with Gasteiger partial charge in [0.1, 0.15) is 0 Å². The molecule has 1 unspecified atom stereocenters. The number of aliphatic hydroxyl groups excluding tert-OH is 1. The van der Waals surface area contributed by atoms with E-state index in [4.69, 9.17) is 5.11 Å². The van der Waals surface area contributed by atoms with Gasteiger partial charge in [-0.1, -0.05) is 6.42 Å². The number of unbranched alkanes of at least 4 members (excludes halogenated alkanes) is 2. The van der Waals surface area contributed by atoms with Crippen molar-refractivity contribution in [2.24, 2.45) is 5.92 Å². The second-order valence-corrected chi connectivity index (χ2v) is 5.18. The van der Waals surface area contributed by atoms with Gasteiger partial charge in [-0.2, -0.15) is 11.8 Å². The highest BCUT2D eigenvalue weighted by molar-refractivity contribution is 7.98. The topological polar surface area (TPSA) is 23.5 Å². The quantitative estimate of drug-likeness (QED) is 0.658. The highest BCUT2D eigenvalue weighted by Gasteiger charge is 2.20. The van der Waals surface area contributed by atoms with E-state index < -0.39 is 0 Å². The minimum atomic E-state index is 0.378. The maximum Gasteiger partial charge on any atom is 0.0471 e. The normalized spacial score (nSPS) is 23.1. The molecular formula is C11H23NOS. The van der Waals surface area contributed by atoms with Crippen LogP contribution in [-0.4, -0.2) is 48.3 Å². The Balaban J connectivity index is 1.92.